The number of rotatable bonds is 6. The summed E-state index contributed by atoms with van der Waals surface area (Å²) in [5.74, 6) is 0.287. The van der Waals surface area contributed by atoms with Gasteiger partial charge in [-0.05, 0) is 42.7 Å². The molecule has 2 aromatic carbocycles. The highest BCUT2D eigenvalue weighted by Gasteiger charge is 2.25. The number of benzene rings is 2. The highest BCUT2D eigenvalue weighted by atomic mass is 19.1. The van der Waals surface area contributed by atoms with Gasteiger partial charge in [0.2, 0.25) is 17.6 Å². The zero-order chi connectivity index (χ0) is 23.4. The predicted molar refractivity (Wildman–Crippen MR) is 121 cm³/mol. The molecular formula is C25H27FN4O3. The SMILES string of the molecule is CCc1ccc(C(=O)N2CCN(C(=O)CCc3nc(-c4ccc(C)c(F)c4)no3)CC2)cc1. The minimum Gasteiger partial charge on any atom is -0.339 e. The van der Waals surface area contributed by atoms with E-state index in [9.17, 15) is 14.0 Å². The molecule has 0 bridgehead atoms. The van der Waals surface area contributed by atoms with Crippen molar-refractivity contribution in [2.75, 3.05) is 26.2 Å². The van der Waals surface area contributed by atoms with Crippen molar-refractivity contribution >= 4 is 11.8 Å². The predicted octanol–water partition coefficient (Wildman–Crippen LogP) is 3.66. The van der Waals surface area contributed by atoms with Crippen molar-refractivity contribution in [2.45, 2.75) is 33.1 Å². The molecule has 0 spiro atoms. The van der Waals surface area contributed by atoms with E-state index >= 15 is 0 Å². The summed E-state index contributed by atoms with van der Waals surface area (Å²) in [7, 11) is 0. The second-order valence-corrected chi connectivity index (χ2v) is 8.20. The minimum atomic E-state index is -0.329. The fourth-order valence-corrected chi connectivity index (χ4v) is 3.80. The average molecular weight is 451 g/mol. The highest BCUT2D eigenvalue weighted by Crippen LogP contribution is 2.19. The summed E-state index contributed by atoms with van der Waals surface area (Å²) in [6.45, 7) is 5.76. The summed E-state index contributed by atoms with van der Waals surface area (Å²) >= 11 is 0. The van der Waals surface area contributed by atoms with Crippen LogP contribution in [0.1, 0.15) is 40.7 Å². The fourth-order valence-electron chi connectivity index (χ4n) is 3.80. The number of carbonyl (C=O) groups excluding carboxylic acids is 2. The van der Waals surface area contributed by atoms with Gasteiger partial charge >= 0.3 is 0 Å². The van der Waals surface area contributed by atoms with Crippen LogP contribution in [0.3, 0.4) is 0 Å². The summed E-state index contributed by atoms with van der Waals surface area (Å²) in [5.41, 5.74) is 2.95. The number of piperazine rings is 1. The van der Waals surface area contributed by atoms with E-state index < -0.39 is 0 Å². The highest BCUT2D eigenvalue weighted by molar-refractivity contribution is 5.94. The zero-order valence-corrected chi connectivity index (χ0v) is 18.9. The van der Waals surface area contributed by atoms with Crippen LogP contribution in [-0.4, -0.2) is 57.9 Å². The molecule has 1 saturated heterocycles. The molecule has 3 aromatic rings. The second-order valence-electron chi connectivity index (χ2n) is 8.20. The number of aromatic nitrogens is 2. The maximum atomic E-state index is 13.8. The molecule has 172 valence electrons. The van der Waals surface area contributed by atoms with Crippen molar-refractivity contribution < 1.29 is 18.5 Å². The van der Waals surface area contributed by atoms with Crippen molar-refractivity contribution in [1.82, 2.24) is 19.9 Å². The molecule has 33 heavy (non-hydrogen) atoms. The number of aryl methyl sites for hydroxylation is 3. The van der Waals surface area contributed by atoms with Gasteiger partial charge in [-0.2, -0.15) is 4.98 Å². The number of halogens is 1. The number of hydrogen-bond acceptors (Lipinski definition) is 5. The van der Waals surface area contributed by atoms with Crippen molar-refractivity contribution in [3.63, 3.8) is 0 Å². The van der Waals surface area contributed by atoms with Gasteiger partial charge in [-0.15, -0.1) is 0 Å². The standard InChI is InChI=1S/C25H27FN4O3/c1-3-18-5-8-19(9-6-18)25(32)30-14-12-29(13-15-30)23(31)11-10-22-27-24(28-33-22)20-7-4-17(2)21(26)16-20/h4-9,16H,3,10-15H2,1-2H3. The van der Waals surface area contributed by atoms with E-state index in [-0.39, 0.29) is 24.1 Å². The summed E-state index contributed by atoms with van der Waals surface area (Å²) in [5, 5.41) is 3.89. The van der Waals surface area contributed by atoms with Gasteiger partial charge in [-0.25, -0.2) is 4.39 Å². The molecule has 1 aliphatic rings. The van der Waals surface area contributed by atoms with Crippen LogP contribution >= 0.6 is 0 Å². The van der Waals surface area contributed by atoms with Gasteiger partial charge in [0.05, 0.1) is 0 Å². The van der Waals surface area contributed by atoms with E-state index in [1.807, 2.05) is 24.3 Å². The lowest BCUT2D eigenvalue weighted by Gasteiger charge is -2.34. The summed E-state index contributed by atoms with van der Waals surface area (Å²) < 4.78 is 19.0. The third-order valence-corrected chi connectivity index (χ3v) is 5.98. The molecule has 0 aliphatic carbocycles. The number of amides is 2. The molecule has 2 heterocycles. The number of hydrogen-bond donors (Lipinski definition) is 0. The first-order valence-electron chi connectivity index (χ1n) is 11.2. The van der Waals surface area contributed by atoms with Crippen LogP contribution in [0.25, 0.3) is 11.4 Å². The van der Waals surface area contributed by atoms with E-state index in [1.165, 1.54) is 11.6 Å². The molecule has 4 rings (SSSR count). The molecule has 7 nitrogen and oxygen atoms in total. The largest absolute Gasteiger partial charge is 0.339 e. The Balaban J connectivity index is 1.27. The lowest BCUT2D eigenvalue weighted by Crippen LogP contribution is -2.50. The van der Waals surface area contributed by atoms with Crippen LogP contribution < -0.4 is 0 Å². The van der Waals surface area contributed by atoms with E-state index in [2.05, 4.69) is 17.1 Å². The number of nitrogens with zero attached hydrogens (tertiary/aromatic N) is 4. The zero-order valence-electron chi connectivity index (χ0n) is 18.9. The molecule has 0 N–H and O–H groups in total. The Kier molecular flexibility index (Phi) is 6.82. The summed E-state index contributed by atoms with van der Waals surface area (Å²) in [4.78, 5) is 33.2. The second kappa shape index (κ2) is 9.94. The molecule has 0 saturated carbocycles. The molecule has 1 aliphatic heterocycles. The average Bonchev–Trinajstić information content (AvgIpc) is 3.33. The molecule has 0 unspecified atom stereocenters. The van der Waals surface area contributed by atoms with Crippen LogP contribution in [0, 0.1) is 12.7 Å². The molecule has 1 aromatic heterocycles. The normalized spacial score (nSPS) is 13.9. The van der Waals surface area contributed by atoms with Gasteiger partial charge in [0.25, 0.3) is 5.91 Å². The monoisotopic (exact) mass is 450 g/mol. The van der Waals surface area contributed by atoms with Crippen LogP contribution in [0.5, 0.6) is 0 Å². The van der Waals surface area contributed by atoms with Crippen molar-refractivity contribution in [2.24, 2.45) is 0 Å². The summed E-state index contributed by atoms with van der Waals surface area (Å²) in [6, 6.07) is 12.4. The van der Waals surface area contributed by atoms with Gasteiger partial charge in [-0.1, -0.05) is 36.3 Å². The molecule has 0 atom stereocenters. The lowest BCUT2D eigenvalue weighted by atomic mass is 10.1. The lowest BCUT2D eigenvalue weighted by molar-refractivity contribution is -0.132. The Hall–Kier alpha value is -3.55. The van der Waals surface area contributed by atoms with E-state index in [0.29, 0.717) is 61.0 Å². The van der Waals surface area contributed by atoms with Gasteiger partial charge in [0.15, 0.2) is 0 Å². The summed E-state index contributed by atoms with van der Waals surface area (Å²) in [6.07, 6.45) is 1.48. The Morgan fingerprint density at radius 3 is 2.39 bits per heavy atom. The number of carbonyl (C=O) groups is 2. The molecular weight excluding hydrogens is 423 g/mol. The van der Waals surface area contributed by atoms with Crippen LogP contribution in [0.2, 0.25) is 0 Å². The van der Waals surface area contributed by atoms with Crippen LogP contribution in [0.15, 0.2) is 47.0 Å². The smallest absolute Gasteiger partial charge is 0.253 e. The molecule has 8 heteroatoms. The van der Waals surface area contributed by atoms with Gasteiger partial charge in [0.1, 0.15) is 5.82 Å². The quantitative estimate of drug-likeness (QED) is 0.573. The van der Waals surface area contributed by atoms with Crippen LogP contribution in [0.4, 0.5) is 4.39 Å². The topological polar surface area (TPSA) is 79.5 Å². The van der Waals surface area contributed by atoms with Crippen molar-refractivity contribution in [3.8, 4) is 11.4 Å². The van der Waals surface area contributed by atoms with E-state index in [0.717, 1.165) is 6.42 Å². The Labute approximate surface area is 192 Å². The molecule has 2 amide bonds. The van der Waals surface area contributed by atoms with E-state index in [4.69, 9.17) is 4.52 Å². The fraction of sp³-hybridized carbons (Fsp3) is 0.360. The van der Waals surface area contributed by atoms with Gasteiger partial charge in [0, 0.05) is 50.1 Å². The van der Waals surface area contributed by atoms with Crippen molar-refractivity contribution in [3.05, 3.63) is 70.9 Å². The maximum Gasteiger partial charge on any atom is 0.253 e. The Morgan fingerprint density at radius 2 is 1.73 bits per heavy atom. The first kappa shape index (κ1) is 22.6. The first-order valence-corrected chi connectivity index (χ1v) is 11.2. The van der Waals surface area contributed by atoms with Gasteiger partial charge in [-0.3, -0.25) is 9.59 Å². The van der Waals surface area contributed by atoms with E-state index in [1.54, 1.807) is 28.9 Å². The minimum absolute atomic E-state index is 0.00400. The van der Waals surface area contributed by atoms with Crippen LogP contribution in [-0.2, 0) is 17.6 Å². The molecule has 1 fully saturated rings. The Bertz CT molecular complexity index is 1130. The van der Waals surface area contributed by atoms with Gasteiger partial charge < -0.3 is 14.3 Å². The third kappa shape index (κ3) is 5.27. The third-order valence-electron chi connectivity index (χ3n) is 5.98. The maximum absolute atomic E-state index is 13.8. The Morgan fingerprint density at radius 1 is 1.03 bits per heavy atom. The first-order chi connectivity index (χ1) is 15.9. The molecule has 0 radical (unpaired) electrons. The van der Waals surface area contributed by atoms with Crippen molar-refractivity contribution in [1.29, 1.82) is 0 Å².